The standard InChI is InChI=1S/C7H6F3IN2O/c1-3-6(11)4(12)2-5(13-3)14-7(8,9)10/h2H,1H3,(H2,12,13). The largest absolute Gasteiger partial charge is 0.574 e. The van der Waals surface area contributed by atoms with E-state index in [0.717, 1.165) is 6.07 Å². The number of nitrogen functional groups attached to an aromatic ring is 1. The van der Waals surface area contributed by atoms with Crippen molar-refractivity contribution < 1.29 is 17.9 Å². The molecule has 0 amide bonds. The predicted molar refractivity (Wildman–Crippen MR) is 52.8 cm³/mol. The minimum absolute atomic E-state index is 0.220. The van der Waals surface area contributed by atoms with E-state index in [2.05, 4.69) is 9.72 Å². The lowest BCUT2D eigenvalue weighted by atomic mass is 10.3. The van der Waals surface area contributed by atoms with Gasteiger partial charge in [-0.25, -0.2) is 4.98 Å². The van der Waals surface area contributed by atoms with Crippen LogP contribution < -0.4 is 10.5 Å². The molecule has 2 N–H and O–H groups in total. The first-order chi connectivity index (χ1) is 6.29. The molecule has 0 spiro atoms. The van der Waals surface area contributed by atoms with Gasteiger partial charge in [-0.1, -0.05) is 0 Å². The number of aromatic nitrogens is 1. The smallest absolute Gasteiger partial charge is 0.398 e. The summed E-state index contributed by atoms with van der Waals surface area (Å²) < 4.78 is 39.6. The van der Waals surface area contributed by atoms with Crippen molar-refractivity contribution in [3.63, 3.8) is 0 Å². The van der Waals surface area contributed by atoms with Crippen LogP contribution in [0, 0.1) is 10.5 Å². The molecule has 0 radical (unpaired) electrons. The molecule has 1 aromatic heterocycles. The molecule has 1 heterocycles. The number of halogens is 4. The Balaban J connectivity index is 3.02. The number of nitrogens with zero attached hydrogens (tertiary/aromatic N) is 1. The fourth-order valence-corrected chi connectivity index (χ4v) is 1.10. The highest BCUT2D eigenvalue weighted by molar-refractivity contribution is 14.1. The van der Waals surface area contributed by atoms with Crippen molar-refractivity contribution in [1.29, 1.82) is 0 Å². The van der Waals surface area contributed by atoms with Gasteiger partial charge in [0.2, 0.25) is 5.88 Å². The average Bonchev–Trinajstić information content (AvgIpc) is 1.96. The summed E-state index contributed by atoms with van der Waals surface area (Å²) >= 11 is 1.90. The molecule has 78 valence electrons. The number of aryl methyl sites for hydroxylation is 1. The fraction of sp³-hybridized carbons (Fsp3) is 0.286. The highest BCUT2D eigenvalue weighted by Gasteiger charge is 2.32. The Labute approximate surface area is 91.6 Å². The van der Waals surface area contributed by atoms with Crippen LogP contribution in [0.4, 0.5) is 18.9 Å². The van der Waals surface area contributed by atoms with Gasteiger partial charge in [0.15, 0.2) is 0 Å². The first kappa shape index (κ1) is 11.3. The van der Waals surface area contributed by atoms with Gasteiger partial charge >= 0.3 is 6.36 Å². The Morgan fingerprint density at radius 2 is 2.07 bits per heavy atom. The summed E-state index contributed by atoms with van der Waals surface area (Å²) in [5, 5.41) is 0. The number of rotatable bonds is 1. The molecule has 0 aliphatic heterocycles. The Morgan fingerprint density at radius 1 is 1.50 bits per heavy atom. The number of anilines is 1. The van der Waals surface area contributed by atoms with E-state index in [9.17, 15) is 13.2 Å². The van der Waals surface area contributed by atoms with E-state index in [1.54, 1.807) is 6.92 Å². The molecule has 14 heavy (non-hydrogen) atoms. The third kappa shape index (κ3) is 2.89. The molecule has 1 rings (SSSR count). The second-order valence-corrected chi connectivity index (χ2v) is 3.58. The van der Waals surface area contributed by atoms with Gasteiger partial charge in [0, 0.05) is 6.07 Å². The van der Waals surface area contributed by atoms with E-state index in [-0.39, 0.29) is 5.69 Å². The quantitative estimate of drug-likeness (QED) is 0.809. The molecule has 7 heteroatoms. The maximum absolute atomic E-state index is 11.8. The molecule has 0 atom stereocenters. The molecular weight excluding hydrogens is 312 g/mol. The van der Waals surface area contributed by atoms with Crippen LogP contribution in [0.1, 0.15) is 5.69 Å². The van der Waals surface area contributed by atoms with Crippen LogP contribution in [-0.2, 0) is 0 Å². The number of alkyl halides is 3. The van der Waals surface area contributed by atoms with E-state index in [1.807, 2.05) is 22.6 Å². The fourth-order valence-electron chi connectivity index (χ4n) is 0.823. The highest BCUT2D eigenvalue weighted by Crippen LogP contribution is 2.26. The molecule has 0 aliphatic carbocycles. The van der Waals surface area contributed by atoms with Crippen molar-refractivity contribution in [2.24, 2.45) is 0 Å². The predicted octanol–water partition coefficient (Wildman–Crippen LogP) is 2.48. The zero-order valence-electron chi connectivity index (χ0n) is 7.02. The summed E-state index contributed by atoms with van der Waals surface area (Å²) in [6.45, 7) is 1.56. The molecule has 0 aromatic carbocycles. The van der Waals surface area contributed by atoms with Crippen molar-refractivity contribution >= 4 is 28.3 Å². The van der Waals surface area contributed by atoms with Crippen LogP contribution in [-0.4, -0.2) is 11.3 Å². The zero-order valence-corrected chi connectivity index (χ0v) is 9.18. The van der Waals surface area contributed by atoms with Gasteiger partial charge < -0.3 is 10.5 Å². The molecule has 0 unspecified atom stereocenters. The summed E-state index contributed by atoms with van der Waals surface area (Å²) in [5.74, 6) is -0.534. The van der Waals surface area contributed by atoms with Crippen LogP contribution in [0.15, 0.2) is 6.07 Å². The van der Waals surface area contributed by atoms with Gasteiger partial charge in [-0.2, -0.15) is 0 Å². The monoisotopic (exact) mass is 318 g/mol. The molecule has 3 nitrogen and oxygen atoms in total. The summed E-state index contributed by atoms with van der Waals surface area (Å²) in [6.07, 6.45) is -4.74. The number of hydrogen-bond donors (Lipinski definition) is 1. The number of pyridine rings is 1. The maximum Gasteiger partial charge on any atom is 0.574 e. The lowest BCUT2D eigenvalue weighted by Crippen LogP contribution is -2.18. The van der Waals surface area contributed by atoms with E-state index >= 15 is 0 Å². The number of hydrogen-bond acceptors (Lipinski definition) is 3. The van der Waals surface area contributed by atoms with Gasteiger partial charge in [0.05, 0.1) is 15.0 Å². The second kappa shape index (κ2) is 3.79. The molecular formula is C7H6F3IN2O. The normalized spacial score (nSPS) is 11.5. The minimum atomic E-state index is -4.74. The molecule has 0 saturated heterocycles. The van der Waals surface area contributed by atoms with Crippen LogP contribution in [0.25, 0.3) is 0 Å². The third-order valence-corrected chi connectivity index (χ3v) is 2.75. The highest BCUT2D eigenvalue weighted by atomic mass is 127. The van der Waals surface area contributed by atoms with Crippen molar-refractivity contribution in [2.45, 2.75) is 13.3 Å². The third-order valence-electron chi connectivity index (χ3n) is 1.35. The molecule has 0 aliphatic rings. The Kier molecular flexibility index (Phi) is 3.07. The van der Waals surface area contributed by atoms with E-state index in [4.69, 9.17) is 5.73 Å². The Hall–Kier alpha value is -0.730. The summed E-state index contributed by atoms with van der Waals surface area (Å²) in [5.41, 5.74) is 6.07. The van der Waals surface area contributed by atoms with E-state index in [0.29, 0.717) is 9.26 Å². The summed E-state index contributed by atoms with van der Waals surface area (Å²) in [7, 11) is 0. The van der Waals surface area contributed by atoms with Gasteiger partial charge in [-0.15, -0.1) is 13.2 Å². The van der Waals surface area contributed by atoms with Gasteiger partial charge in [0.1, 0.15) is 0 Å². The lowest BCUT2D eigenvalue weighted by molar-refractivity contribution is -0.276. The lowest BCUT2D eigenvalue weighted by Gasteiger charge is -2.10. The van der Waals surface area contributed by atoms with Crippen molar-refractivity contribution in [3.8, 4) is 5.88 Å². The number of ether oxygens (including phenoxy) is 1. The molecule has 1 aromatic rings. The SMILES string of the molecule is Cc1nc(OC(F)(F)F)cc(N)c1I. The van der Waals surface area contributed by atoms with Gasteiger partial charge in [0.25, 0.3) is 0 Å². The van der Waals surface area contributed by atoms with Crippen LogP contribution >= 0.6 is 22.6 Å². The maximum atomic E-state index is 11.8. The first-order valence-electron chi connectivity index (χ1n) is 3.48. The summed E-state index contributed by atoms with van der Waals surface area (Å²) in [6, 6.07) is 1.04. The van der Waals surface area contributed by atoms with Crippen LogP contribution in [0.2, 0.25) is 0 Å². The minimum Gasteiger partial charge on any atom is -0.398 e. The molecule has 0 saturated carbocycles. The second-order valence-electron chi connectivity index (χ2n) is 2.50. The average molecular weight is 318 g/mol. The van der Waals surface area contributed by atoms with Crippen molar-refractivity contribution in [1.82, 2.24) is 4.98 Å². The molecule has 0 bridgehead atoms. The Morgan fingerprint density at radius 3 is 2.50 bits per heavy atom. The van der Waals surface area contributed by atoms with E-state index < -0.39 is 12.2 Å². The Bertz CT molecular complexity index is 330. The van der Waals surface area contributed by atoms with Crippen molar-refractivity contribution in [2.75, 3.05) is 5.73 Å². The van der Waals surface area contributed by atoms with E-state index in [1.165, 1.54) is 0 Å². The topological polar surface area (TPSA) is 48.1 Å². The van der Waals surface area contributed by atoms with Gasteiger partial charge in [-0.3, -0.25) is 0 Å². The van der Waals surface area contributed by atoms with Crippen LogP contribution in [0.5, 0.6) is 5.88 Å². The molecule has 0 fully saturated rings. The van der Waals surface area contributed by atoms with Gasteiger partial charge in [-0.05, 0) is 29.5 Å². The van der Waals surface area contributed by atoms with Crippen molar-refractivity contribution in [3.05, 3.63) is 15.3 Å². The van der Waals surface area contributed by atoms with Crippen LogP contribution in [0.3, 0.4) is 0 Å². The number of nitrogens with two attached hydrogens (primary N) is 1. The first-order valence-corrected chi connectivity index (χ1v) is 4.56. The zero-order chi connectivity index (χ0) is 10.9. The summed E-state index contributed by atoms with van der Waals surface area (Å²) in [4.78, 5) is 3.59.